The van der Waals surface area contributed by atoms with E-state index in [0.29, 0.717) is 5.75 Å². The van der Waals surface area contributed by atoms with E-state index in [0.717, 1.165) is 25.9 Å². The maximum Gasteiger partial charge on any atom is 0.321 e. The van der Waals surface area contributed by atoms with E-state index < -0.39 is 5.97 Å². The van der Waals surface area contributed by atoms with Crippen LogP contribution in [0.3, 0.4) is 0 Å². The molecule has 0 aromatic rings. The van der Waals surface area contributed by atoms with Crippen LogP contribution in [0.2, 0.25) is 0 Å². The Labute approximate surface area is 93.8 Å². The zero-order chi connectivity index (χ0) is 10.9. The number of thioether (sulfide) groups is 1. The molecule has 0 aromatic carbocycles. The van der Waals surface area contributed by atoms with Crippen LogP contribution < -0.4 is 5.32 Å². The second-order valence-corrected chi connectivity index (χ2v) is 5.60. The summed E-state index contributed by atoms with van der Waals surface area (Å²) in [6.45, 7) is 2.85. The monoisotopic (exact) mass is 231 g/mol. The Hall–Kier alpha value is -0.260. The van der Waals surface area contributed by atoms with Gasteiger partial charge in [0.15, 0.2) is 0 Å². The summed E-state index contributed by atoms with van der Waals surface area (Å²) < 4.78 is 5.61. The van der Waals surface area contributed by atoms with E-state index in [-0.39, 0.29) is 17.0 Å². The Balaban J connectivity index is 1.99. The lowest BCUT2D eigenvalue weighted by Crippen LogP contribution is -2.50. The smallest absolute Gasteiger partial charge is 0.321 e. The molecule has 0 saturated carbocycles. The lowest BCUT2D eigenvalue weighted by Gasteiger charge is -2.37. The molecule has 0 aromatic heterocycles. The lowest BCUT2D eigenvalue weighted by molar-refractivity contribution is -0.139. The fraction of sp³-hybridized carbons (Fsp3) is 0.900. The molecule has 0 bridgehead atoms. The molecule has 3 atom stereocenters. The van der Waals surface area contributed by atoms with E-state index in [1.165, 1.54) is 0 Å². The molecule has 15 heavy (non-hydrogen) atoms. The minimum Gasteiger partial charge on any atom is -0.480 e. The van der Waals surface area contributed by atoms with Gasteiger partial charge in [-0.2, -0.15) is 0 Å². The SMILES string of the molecule is CCC1CC2(CCO1)N[C@@H](C(=O)O)CS2. The number of carbonyl (C=O) groups is 1. The van der Waals surface area contributed by atoms with Crippen molar-refractivity contribution in [1.29, 1.82) is 0 Å². The van der Waals surface area contributed by atoms with Gasteiger partial charge in [-0.15, -0.1) is 11.8 Å². The van der Waals surface area contributed by atoms with Gasteiger partial charge in [-0.1, -0.05) is 6.92 Å². The minimum absolute atomic E-state index is 0.0397. The molecule has 86 valence electrons. The highest BCUT2D eigenvalue weighted by molar-refractivity contribution is 8.01. The molecule has 2 aliphatic heterocycles. The fourth-order valence-corrected chi connectivity index (χ4v) is 3.69. The molecule has 0 radical (unpaired) electrons. The number of hydrogen-bond donors (Lipinski definition) is 2. The van der Waals surface area contributed by atoms with E-state index in [2.05, 4.69) is 12.2 Å². The molecular weight excluding hydrogens is 214 g/mol. The van der Waals surface area contributed by atoms with E-state index in [1.54, 1.807) is 11.8 Å². The first-order valence-electron chi connectivity index (χ1n) is 5.41. The quantitative estimate of drug-likeness (QED) is 0.744. The van der Waals surface area contributed by atoms with Gasteiger partial charge < -0.3 is 9.84 Å². The number of carboxylic acid groups (broad SMARTS) is 1. The number of hydrogen-bond acceptors (Lipinski definition) is 4. The molecule has 2 saturated heterocycles. The highest BCUT2D eigenvalue weighted by atomic mass is 32.2. The second-order valence-electron chi connectivity index (χ2n) is 4.20. The van der Waals surface area contributed by atoms with Crippen molar-refractivity contribution in [3.63, 3.8) is 0 Å². The van der Waals surface area contributed by atoms with Crippen molar-refractivity contribution in [1.82, 2.24) is 5.32 Å². The topological polar surface area (TPSA) is 58.6 Å². The zero-order valence-electron chi connectivity index (χ0n) is 8.86. The molecule has 2 fully saturated rings. The molecule has 2 unspecified atom stereocenters. The van der Waals surface area contributed by atoms with Crippen molar-refractivity contribution in [2.75, 3.05) is 12.4 Å². The third-order valence-electron chi connectivity index (χ3n) is 3.13. The van der Waals surface area contributed by atoms with Crippen LogP contribution >= 0.6 is 11.8 Å². The van der Waals surface area contributed by atoms with Crippen LogP contribution in [0, 0.1) is 0 Å². The van der Waals surface area contributed by atoms with Gasteiger partial charge in [-0.05, 0) is 12.8 Å². The van der Waals surface area contributed by atoms with Crippen LogP contribution in [-0.4, -0.2) is 40.5 Å². The molecule has 2 heterocycles. The Kier molecular flexibility index (Phi) is 3.23. The van der Waals surface area contributed by atoms with E-state index in [4.69, 9.17) is 9.84 Å². The first-order valence-corrected chi connectivity index (χ1v) is 6.40. The van der Waals surface area contributed by atoms with Crippen molar-refractivity contribution in [3.05, 3.63) is 0 Å². The first-order chi connectivity index (χ1) is 7.15. The third kappa shape index (κ3) is 2.29. The van der Waals surface area contributed by atoms with Gasteiger partial charge in [0.2, 0.25) is 0 Å². The van der Waals surface area contributed by atoms with E-state index in [9.17, 15) is 4.79 Å². The third-order valence-corrected chi connectivity index (χ3v) is 4.68. The summed E-state index contributed by atoms with van der Waals surface area (Å²) in [4.78, 5) is 10.8. The van der Waals surface area contributed by atoms with Crippen LogP contribution in [0.1, 0.15) is 26.2 Å². The normalized spacial score (nSPS) is 40.9. The molecule has 0 amide bonds. The number of aliphatic carboxylic acids is 1. The maximum absolute atomic E-state index is 10.9. The van der Waals surface area contributed by atoms with Crippen molar-refractivity contribution < 1.29 is 14.6 Å². The molecule has 5 heteroatoms. The molecule has 0 aliphatic carbocycles. The lowest BCUT2D eigenvalue weighted by atomic mass is 10.00. The van der Waals surface area contributed by atoms with Crippen LogP contribution in [0.15, 0.2) is 0 Å². The van der Waals surface area contributed by atoms with Gasteiger partial charge in [0.25, 0.3) is 0 Å². The fourth-order valence-electron chi connectivity index (χ4n) is 2.22. The van der Waals surface area contributed by atoms with Crippen molar-refractivity contribution in [2.24, 2.45) is 0 Å². The van der Waals surface area contributed by atoms with E-state index in [1.807, 2.05) is 0 Å². The summed E-state index contributed by atoms with van der Waals surface area (Å²) in [5.41, 5.74) is 0. The first kappa shape index (κ1) is 11.2. The van der Waals surface area contributed by atoms with Crippen LogP contribution in [-0.2, 0) is 9.53 Å². The summed E-state index contributed by atoms with van der Waals surface area (Å²) in [6, 6.07) is -0.384. The molecule has 2 N–H and O–H groups in total. The maximum atomic E-state index is 10.9. The van der Waals surface area contributed by atoms with Crippen LogP contribution in [0.4, 0.5) is 0 Å². The molecule has 4 nitrogen and oxygen atoms in total. The summed E-state index contributed by atoms with van der Waals surface area (Å²) in [5.74, 6) is -0.0647. The summed E-state index contributed by atoms with van der Waals surface area (Å²) in [5, 5.41) is 12.2. The van der Waals surface area contributed by atoms with Gasteiger partial charge in [0.05, 0.1) is 11.0 Å². The second kappa shape index (κ2) is 4.31. The molecule has 1 spiro atoms. The summed E-state index contributed by atoms with van der Waals surface area (Å²) >= 11 is 1.75. The van der Waals surface area contributed by atoms with Gasteiger partial charge in [0, 0.05) is 18.8 Å². The Morgan fingerprint density at radius 1 is 1.73 bits per heavy atom. The largest absolute Gasteiger partial charge is 0.480 e. The van der Waals surface area contributed by atoms with Crippen molar-refractivity contribution >= 4 is 17.7 Å². The Bertz CT molecular complexity index is 261. The summed E-state index contributed by atoms with van der Waals surface area (Å²) in [6.07, 6.45) is 3.13. The van der Waals surface area contributed by atoms with Crippen LogP contribution in [0.25, 0.3) is 0 Å². The summed E-state index contributed by atoms with van der Waals surface area (Å²) in [7, 11) is 0. The highest BCUT2D eigenvalue weighted by Gasteiger charge is 2.45. The standard InChI is InChI=1S/C10H17NO3S/c1-2-7-5-10(3-4-14-7)11-8(6-15-10)9(12)13/h7-8,11H,2-6H2,1H3,(H,12,13)/t7?,8-,10?/m1/s1. The molecular formula is C10H17NO3S. The zero-order valence-corrected chi connectivity index (χ0v) is 9.68. The average Bonchev–Trinajstić information content (AvgIpc) is 2.62. The van der Waals surface area contributed by atoms with Gasteiger partial charge >= 0.3 is 5.97 Å². The predicted molar refractivity (Wildman–Crippen MR) is 59.0 cm³/mol. The van der Waals surface area contributed by atoms with Gasteiger partial charge in [-0.3, -0.25) is 10.1 Å². The number of carboxylic acids is 1. The minimum atomic E-state index is -0.737. The van der Waals surface area contributed by atoms with Crippen LogP contribution in [0.5, 0.6) is 0 Å². The van der Waals surface area contributed by atoms with Gasteiger partial charge in [0.1, 0.15) is 6.04 Å². The number of ether oxygens (including phenoxy) is 1. The highest BCUT2D eigenvalue weighted by Crippen LogP contribution is 2.40. The van der Waals surface area contributed by atoms with E-state index >= 15 is 0 Å². The molecule has 2 rings (SSSR count). The van der Waals surface area contributed by atoms with Crippen molar-refractivity contribution in [3.8, 4) is 0 Å². The van der Waals surface area contributed by atoms with Gasteiger partial charge in [-0.25, -0.2) is 0 Å². The Morgan fingerprint density at radius 2 is 2.53 bits per heavy atom. The Morgan fingerprint density at radius 3 is 3.13 bits per heavy atom. The number of nitrogens with one attached hydrogen (secondary N) is 1. The predicted octanol–water partition coefficient (Wildman–Crippen LogP) is 1.06. The van der Waals surface area contributed by atoms with Crippen molar-refractivity contribution in [2.45, 2.75) is 43.2 Å². The molecule has 2 aliphatic rings. The average molecular weight is 231 g/mol. The number of rotatable bonds is 2.